The number of allylic oxidation sites excluding steroid dienone is 1. The predicted octanol–water partition coefficient (Wildman–Crippen LogP) is 3.07. The van der Waals surface area contributed by atoms with Crippen LogP contribution >= 0.6 is 12.4 Å². The molecule has 3 aliphatic rings. The van der Waals surface area contributed by atoms with Crippen molar-refractivity contribution < 1.29 is 18.7 Å². The SMILES string of the molecule is Cl.N[C@H]1C=CC[C@H]2CN(c3c(F)cc4c(=O)c(C(=O)O)cn(C5CC5)c4c3F)C[C@H]21. The molecule has 1 aromatic carbocycles. The molecule has 1 saturated carbocycles. The first-order chi connectivity index (χ1) is 13.9. The summed E-state index contributed by atoms with van der Waals surface area (Å²) < 4.78 is 32.2. The van der Waals surface area contributed by atoms with E-state index in [1.165, 1.54) is 10.8 Å². The van der Waals surface area contributed by atoms with E-state index in [-0.39, 0.29) is 52.9 Å². The van der Waals surface area contributed by atoms with Crippen molar-refractivity contribution in [2.75, 3.05) is 18.0 Å². The Morgan fingerprint density at radius 1 is 1.23 bits per heavy atom. The highest BCUT2D eigenvalue weighted by Crippen LogP contribution is 2.42. The molecule has 0 unspecified atom stereocenters. The highest BCUT2D eigenvalue weighted by atomic mass is 35.5. The lowest BCUT2D eigenvalue weighted by molar-refractivity contribution is 0.0694. The molecule has 0 bridgehead atoms. The van der Waals surface area contributed by atoms with Gasteiger partial charge < -0.3 is 20.3 Å². The fourth-order valence-electron chi connectivity index (χ4n) is 4.83. The first kappa shape index (κ1) is 20.8. The Morgan fingerprint density at radius 3 is 2.60 bits per heavy atom. The maximum absolute atomic E-state index is 15.7. The molecule has 1 aromatic heterocycles. The molecule has 0 amide bonds. The van der Waals surface area contributed by atoms with Gasteiger partial charge in [0.2, 0.25) is 5.43 Å². The van der Waals surface area contributed by atoms with Gasteiger partial charge in [0.1, 0.15) is 17.1 Å². The van der Waals surface area contributed by atoms with Gasteiger partial charge in [0.05, 0.1) is 10.9 Å². The number of halogens is 3. The van der Waals surface area contributed by atoms with Gasteiger partial charge >= 0.3 is 5.97 Å². The molecular formula is C21H22ClF2N3O3. The molecule has 5 rings (SSSR count). The van der Waals surface area contributed by atoms with Crippen molar-refractivity contribution in [1.82, 2.24) is 4.57 Å². The Hall–Kier alpha value is -2.45. The van der Waals surface area contributed by atoms with Gasteiger partial charge in [-0.2, -0.15) is 0 Å². The number of hydrogen-bond donors (Lipinski definition) is 2. The monoisotopic (exact) mass is 437 g/mol. The Labute approximate surface area is 177 Å². The average Bonchev–Trinajstić information content (AvgIpc) is 3.42. The molecule has 160 valence electrons. The van der Waals surface area contributed by atoms with Gasteiger partial charge in [-0.3, -0.25) is 4.79 Å². The number of carbonyl (C=O) groups is 1. The zero-order valence-electron chi connectivity index (χ0n) is 16.1. The third-order valence-corrected chi connectivity index (χ3v) is 6.45. The normalized spacial score (nSPS) is 25.3. The molecule has 2 fully saturated rings. The van der Waals surface area contributed by atoms with E-state index in [1.54, 1.807) is 4.90 Å². The summed E-state index contributed by atoms with van der Waals surface area (Å²) >= 11 is 0. The van der Waals surface area contributed by atoms with Gasteiger partial charge in [-0.05, 0) is 37.2 Å². The van der Waals surface area contributed by atoms with Gasteiger partial charge in [0.15, 0.2) is 5.82 Å². The third-order valence-electron chi connectivity index (χ3n) is 6.45. The van der Waals surface area contributed by atoms with E-state index in [9.17, 15) is 14.7 Å². The van der Waals surface area contributed by atoms with Crippen molar-refractivity contribution in [3.8, 4) is 0 Å². The van der Waals surface area contributed by atoms with Crippen LogP contribution in [-0.2, 0) is 0 Å². The standard InChI is InChI=1S/C21H21F2N3O3.ClH/c22-15-6-12-18(26(11-4-5-11)9-14(20(12)27)21(28)29)17(23)19(15)25-7-10-2-1-3-16(24)13(10)8-25;/h1,3,6,9-11,13,16H,2,4-5,7-8,24H2,(H,28,29);1H/t10-,13+,16-;/m0./s1. The fourth-order valence-corrected chi connectivity index (χ4v) is 4.83. The van der Waals surface area contributed by atoms with Crippen molar-refractivity contribution in [3.05, 3.63) is 51.8 Å². The zero-order valence-corrected chi connectivity index (χ0v) is 16.9. The van der Waals surface area contributed by atoms with Crippen LogP contribution in [0.4, 0.5) is 14.5 Å². The second-order valence-electron chi connectivity index (χ2n) is 8.30. The van der Waals surface area contributed by atoms with Crippen LogP contribution in [0.3, 0.4) is 0 Å². The number of rotatable bonds is 3. The van der Waals surface area contributed by atoms with E-state index < -0.39 is 28.6 Å². The largest absolute Gasteiger partial charge is 0.477 e. The molecular weight excluding hydrogens is 416 g/mol. The van der Waals surface area contributed by atoms with Gasteiger partial charge in [0.25, 0.3) is 0 Å². The maximum atomic E-state index is 15.7. The number of fused-ring (bicyclic) bond motifs is 2. The fraction of sp³-hybridized carbons (Fsp3) is 0.429. The summed E-state index contributed by atoms with van der Waals surface area (Å²) in [7, 11) is 0. The van der Waals surface area contributed by atoms with Crippen molar-refractivity contribution >= 4 is 35.0 Å². The van der Waals surface area contributed by atoms with Gasteiger partial charge in [-0.15, -0.1) is 12.4 Å². The minimum Gasteiger partial charge on any atom is -0.477 e. The van der Waals surface area contributed by atoms with E-state index in [0.29, 0.717) is 13.1 Å². The second kappa shape index (κ2) is 7.35. The van der Waals surface area contributed by atoms with Crippen molar-refractivity contribution in [2.45, 2.75) is 31.3 Å². The molecule has 0 radical (unpaired) electrons. The third kappa shape index (κ3) is 3.09. The molecule has 2 heterocycles. The number of aromatic nitrogens is 1. The summed E-state index contributed by atoms with van der Waals surface area (Å²) in [5.41, 5.74) is 4.65. The number of pyridine rings is 1. The number of nitrogens with zero attached hydrogens (tertiary/aromatic N) is 2. The average molecular weight is 438 g/mol. The minimum atomic E-state index is -1.40. The first-order valence-electron chi connectivity index (χ1n) is 9.84. The lowest BCUT2D eigenvalue weighted by Gasteiger charge is -2.25. The Kier molecular flexibility index (Phi) is 5.10. The van der Waals surface area contributed by atoms with Gasteiger partial charge in [-0.25, -0.2) is 13.6 Å². The molecule has 0 spiro atoms. The summed E-state index contributed by atoms with van der Waals surface area (Å²) in [6.07, 6.45) is 7.49. The van der Waals surface area contributed by atoms with Crippen LogP contribution in [0.1, 0.15) is 35.7 Å². The first-order valence-corrected chi connectivity index (χ1v) is 9.84. The molecule has 2 aromatic rings. The van der Waals surface area contributed by atoms with Crippen LogP contribution in [0.5, 0.6) is 0 Å². The Balaban J connectivity index is 0.00000218. The quantitative estimate of drug-likeness (QED) is 0.720. The summed E-state index contributed by atoms with van der Waals surface area (Å²) in [5, 5.41) is 9.10. The van der Waals surface area contributed by atoms with Crippen molar-refractivity contribution in [1.29, 1.82) is 0 Å². The zero-order chi connectivity index (χ0) is 20.4. The molecule has 1 saturated heterocycles. The topological polar surface area (TPSA) is 88.6 Å². The lowest BCUT2D eigenvalue weighted by atomic mass is 9.83. The minimum absolute atomic E-state index is 0. The number of carboxylic acid groups (broad SMARTS) is 1. The van der Waals surface area contributed by atoms with E-state index >= 15 is 8.78 Å². The van der Waals surface area contributed by atoms with Crippen LogP contribution in [0.15, 0.2) is 29.2 Å². The predicted molar refractivity (Wildman–Crippen MR) is 112 cm³/mol. The van der Waals surface area contributed by atoms with E-state index in [0.717, 1.165) is 25.3 Å². The van der Waals surface area contributed by atoms with E-state index in [4.69, 9.17) is 5.73 Å². The molecule has 30 heavy (non-hydrogen) atoms. The van der Waals surface area contributed by atoms with Crippen LogP contribution in [0.25, 0.3) is 10.9 Å². The number of carboxylic acids is 1. The van der Waals surface area contributed by atoms with Gasteiger partial charge in [-0.1, -0.05) is 12.2 Å². The number of nitrogens with two attached hydrogens (primary N) is 1. The van der Waals surface area contributed by atoms with Crippen molar-refractivity contribution in [3.63, 3.8) is 0 Å². The summed E-state index contributed by atoms with van der Waals surface area (Å²) in [6, 6.07) is 0.762. The van der Waals surface area contributed by atoms with Crippen LogP contribution in [0, 0.1) is 23.5 Å². The highest BCUT2D eigenvalue weighted by Gasteiger charge is 2.39. The summed E-state index contributed by atoms with van der Waals surface area (Å²) in [6.45, 7) is 0.930. The number of benzene rings is 1. The van der Waals surface area contributed by atoms with E-state index in [1.807, 2.05) is 12.2 Å². The second-order valence-corrected chi connectivity index (χ2v) is 8.30. The van der Waals surface area contributed by atoms with E-state index in [2.05, 4.69) is 0 Å². The Morgan fingerprint density at radius 2 is 1.97 bits per heavy atom. The van der Waals surface area contributed by atoms with Crippen LogP contribution < -0.4 is 16.1 Å². The Bertz CT molecular complexity index is 1130. The smallest absolute Gasteiger partial charge is 0.341 e. The molecule has 2 aliphatic carbocycles. The summed E-state index contributed by atoms with van der Waals surface area (Å²) in [5.74, 6) is -2.71. The lowest BCUT2D eigenvalue weighted by Crippen LogP contribution is -2.35. The molecule has 3 atom stereocenters. The molecule has 6 nitrogen and oxygen atoms in total. The van der Waals surface area contributed by atoms with Crippen molar-refractivity contribution in [2.24, 2.45) is 17.6 Å². The van der Waals surface area contributed by atoms with Crippen LogP contribution in [-0.4, -0.2) is 34.8 Å². The summed E-state index contributed by atoms with van der Waals surface area (Å²) in [4.78, 5) is 25.7. The number of anilines is 1. The van der Waals surface area contributed by atoms with Gasteiger partial charge in [0, 0.05) is 31.4 Å². The number of aromatic carboxylic acids is 1. The molecule has 1 aliphatic heterocycles. The molecule has 3 N–H and O–H groups in total. The maximum Gasteiger partial charge on any atom is 0.341 e. The number of hydrogen-bond acceptors (Lipinski definition) is 4. The van der Waals surface area contributed by atoms with Crippen LogP contribution in [0.2, 0.25) is 0 Å². The highest BCUT2D eigenvalue weighted by molar-refractivity contribution is 5.94. The molecule has 9 heteroatoms.